The normalized spacial score (nSPS) is 20.1. The van der Waals surface area contributed by atoms with Crippen LogP contribution in [0.4, 0.5) is 4.79 Å². The molecular formula is C21H23NO3. The van der Waals surface area contributed by atoms with E-state index in [9.17, 15) is 9.59 Å². The molecule has 0 unspecified atom stereocenters. The molecule has 25 heavy (non-hydrogen) atoms. The lowest BCUT2D eigenvalue weighted by molar-refractivity contribution is -0.127. The third kappa shape index (κ3) is 3.73. The molecule has 1 aliphatic heterocycles. The number of nitrogens with zero attached hydrogens (tertiary/aromatic N) is 1. The standard InChI is InChI=1S/C21H23NO3/c1-15(2)18-13-19(23)22(20(18)17-11-7-4-8-12-17)21(24)25-14-16-9-5-3-6-10-16/h3-12,15,18,20H,13-14H2,1-2H3/t18-,20-/m1/s1. The number of benzene rings is 2. The van der Waals surface area contributed by atoms with Crippen molar-refractivity contribution in [3.05, 3.63) is 71.8 Å². The van der Waals surface area contributed by atoms with Crippen molar-refractivity contribution in [2.45, 2.75) is 32.9 Å². The molecule has 2 amide bonds. The van der Waals surface area contributed by atoms with Crippen LogP contribution in [0.25, 0.3) is 0 Å². The van der Waals surface area contributed by atoms with E-state index in [4.69, 9.17) is 4.74 Å². The fourth-order valence-electron chi connectivity index (χ4n) is 3.41. The van der Waals surface area contributed by atoms with E-state index >= 15 is 0 Å². The molecule has 0 aromatic heterocycles. The number of hydrogen-bond donors (Lipinski definition) is 0. The largest absolute Gasteiger partial charge is 0.444 e. The van der Waals surface area contributed by atoms with Crippen molar-refractivity contribution >= 4 is 12.0 Å². The molecule has 130 valence electrons. The van der Waals surface area contributed by atoms with E-state index in [0.29, 0.717) is 12.3 Å². The summed E-state index contributed by atoms with van der Waals surface area (Å²) in [6.45, 7) is 4.34. The first-order valence-electron chi connectivity index (χ1n) is 8.65. The first-order valence-corrected chi connectivity index (χ1v) is 8.65. The van der Waals surface area contributed by atoms with Gasteiger partial charge in [-0.25, -0.2) is 9.69 Å². The number of rotatable bonds is 4. The van der Waals surface area contributed by atoms with Crippen molar-refractivity contribution in [3.8, 4) is 0 Å². The SMILES string of the molecule is CC(C)[C@H]1CC(=O)N(C(=O)OCc2ccccc2)[C@@H]1c1ccccc1. The van der Waals surface area contributed by atoms with Crippen LogP contribution < -0.4 is 0 Å². The molecular weight excluding hydrogens is 314 g/mol. The second-order valence-corrected chi connectivity index (χ2v) is 6.77. The van der Waals surface area contributed by atoms with Crippen molar-refractivity contribution in [2.75, 3.05) is 0 Å². The Hall–Kier alpha value is -2.62. The van der Waals surface area contributed by atoms with Crippen LogP contribution in [-0.2, 0) is 16.1 Å². The lowest BCUT2D eigenvalue weighted by Crippen LogP contribution is -2.36. The molecule has 0 spiro atoms. The third-order valence-corrected chi connectivity index (χ3v) is 4.76. The number of amides is 2. The molecule has 2 aromatic carbocycles. The van der Waals surface area contributed by atoms with Crippen LogP contribution in [0, 0.1) is 11.8 Å². The Kier molecular flexibility index (Phi) is 5.17. The van der Waals surface area contributed by atoms with Gasteiger partial charge in [0.25, 0.3) is 0 Å². The van der Waals surface area contributed by atoms with Crippen LogP contribution in [-0.4, -0.2) is 16.9 Å². The zero-order valence-corrected chi connectivity index (χ0v) is 14.6. The second kappa shape index (κ2) is 7.51. The number of hydrogen-bond acceptors (Lipinski definition) is 3. The zero-order chi connectivity index (χ0) is 17.8. The average Bonchev–Trinajstić information content (AvgIpc) is 2.99. The lowest BCUT2D eigenvalue weighted by Gasteiger charge is -2.28. The van der Waals surface area contributed by atoms with Crippen LogP contribution in [0.3, 0.4) is 0 Å². The maximum atomic E-state index is 12.7. The average molecular weight is 337 g/mol. The molecule has 1 aliphatic rings. The summed E-state index contributed by atoms with van der Waals surface area (Å²) in [5.41, 5.74) is 1.88. The Balaban J connectivity index is 1.81. The smallest absolute Gasteiger partial charge is 0.417 e. The number of likely N-dealkylation sites (tertiary alicyclic amines) is 1. The molecule has 4 heteroatoms. The fourth-order valence-corrected chi connectivity index (χ4v) is 3.41. The van der Waals surface area contributed by atoms with Gasteiger partial charge in [0.2, 0.25) is 5.91 Å². The van der Waals surface area contributed by atoms with Crippen LogP contribution >= 0.6 is 0 Å². The summed E-state index contributed by atoms with van der Waals surface area (Å²) in [5.74, 6) is 0.228. The fraction of sp³-hybridized carbons (Fsp3) is 0.333. The Morgan fingerprint density at radius 1 is 1.08 bits per heavy atom. The minimum absolute atomic E-state index is 0.0965. The molecule has 2 atom stereocenters. The molecule has 1 saturated heterocycles. The van der Waals surface area contributed by atoms with E-state index in [-0.39, 0.29) is 24.5 Å². The summed E-state index contributed by atoms with van der Waals surface area (Å²) < 4.78 is 5.43. The summed E-state index contributed by atoms with van der Waals surface area (Å²) in [5, 5.41) is 0. The molecule has 1 heterocycles. The van der Waals surface area contributed by atoms with Crippen LogP contribution in [0.15, 0.2) is 60.7 Å². The van der Waals surface area contributed by atoms with Gasteiger partial charge in [0.05, 0.1) is 6.04 Å². The van der Waals surface area contributed by atoms with E-state index in [1.54, 1.807) is 0 Å². The Labute approximate surface area is 148 Å². The van der Waals surface area contributed by atoms with Crippen molar-refractivity contribution in [1.82, 2.24) is 4.90 Å². The summed E-state index contributed by atoms with van der Waals surface area (Å²) in [6.07, 6.45) is -0.191. The molecule has 4 nitrogen and oxygen atoms in total. The topological polar surface area (TPSA) is 46.6 Å². The summed E-state index contributed by atoms with van der Waals surface area (Å²) >= 11 is 0. The maximum absolute atomic E-state index is 12.7. The number of carbonyl (C=O) groups is 2. The molecule has 0 saturated carbocycles. The number of imide groups is 1. The van der Waals surface area contributed by atoms with E-state index < -0.39 is 6.09 Å². The number of carbonyl (C=O) groups excluding carboxylic acids is 2. The quantitative estimate of drug-likeness (QED) is 0.821. The van der Waals surface area contributed by atoms with Crippen LogP contribution in [0.5, 0.6) is 0 Å². The Morgan fingerprint density at radius 3 is 2.28 bits per heavy atom. The van der Waals surface area contributed by atoms with E-state index in [2.05, 4.69) is 13.8 Å². The first-order chi connectivity index (χ1) is 12.1. The molecule has 0 bridgehead atoms. The van der Waals surface area contributed by atoms with Gasteiger partial charge in [0.15, 0.2) is 0 Å². The van der Waals surface area contributed by atoms with Crippen molar-refractivity contribution in [1.29, 1.82) is 0 Å². The Morgan fingerprint density at radius 2 is 1.68 bits per heavy atom. The van der Waals surface area contributed by atoms with E-state index in [1.165, 1.54) is 4.90 Å². The predicted molar refractivity (Wildman–Crippen MR) is 95.6 cm³/mol. The highest BCUT2D eigenvalue weighted by molar-refractivity contribution is 5.94. The highest BCUT2D eigenvalue weighted by atomic mass is 16.6. The highest BCUT2D eigenvalue weighted by Crippen LogP contribution is 2.42. The summed E-state index contributed by atoms with van der Waals surface area (Å²) in [6, 6.07) is 19.0. The molecule has 3 rings (SSSR count). The monoisotopic (exact) mass is 337 g/mol. The summed E-state index contributed by atoms with van der Waals surface area (Å²) in [7, 11) is 0. The van der Waals surface area contributed by atoms with Crippen molar-refractivity contribution in [3.63, 3.8) is 0 Å². The molecule has 2 aromatic rings. The van der Waals surface area contributed by atoms with Gasteiger partial charge in [-0.3, -0.25) is 4.79 Å². The van der Waals surface area contributed by atoms with Gasteiger partial charge in [-0.05, 0) is 23.0 Å². The second-order valence-electron chi connectivity index (χ2n) is 6.77. The van der Waals surface area contributed by atoms with Crippen LogP contribution in [0.1, 0.15) is 37.4 Å². The van der Waals surface area contributed by atoms with Gasteiger partial charge >= 0.3 is 6.09 Å². The third-order valence-electron chi connectivity index (χ3n) is 4.76. The first kappa shape index (κ1) is 17.2. The Bertz CT molecular complexity index is 727. The van der Waals surface area contributed by atoms with E-state index in [0.717, 1.165) is 11.1 Å². The lowest BCUT2D eigenvalue weighted by atomic mass is 9.85. The minimum Gasteiger partial charge on any atom is -0.444 e. The minimum atomic E-state index is -0.564. The molecule has 0 aliphatic carbocycles. The predicted octanol–water partition coefficient (Wildman–Crippen LogP) is 4.57. The van der Waals surface area contributed by atoms with Crippen molar-refractivity contribution in [2.24, 2.45) is 11.8 Å². The van der Waals surface area contributed by atoms with Crippen LogP contribution in [0.2, 0.25) is 0 Å². The van der Waals surface area contributed by atoms with Gasteiger partial charge in [-0.1, -0.05) is 74.5 Å². The maximum Gasteiger partial charge on any atom is 0.417 e. The molecule has 0 radical (unpaired) electrons. The van der Waals surface area contributed by atoms with Gasteiger partial charge in [-0.2, -0.15) is 0 Å². The highest BCUT2D eigenvalue weighted by Gasteiger charge is 2.45. The number of ether oxygens (including phenoxy) is 1. The van der Waals surface area contributed by atoms with Gasteiger partial charge in [0.1, 0.15) is 6.61 Å². The van der Waals surface area contributed by atoms with Gasteiger partial charge in [0, 0.05) is 6.42 Å². The molecule has 1 fully saturated rings. The van der Waals surface area contributed by atoms with E-state index in [1.807, 2.05) is 60.7 Å². The molecule has 0 N–H and O–H groups in total. The van der Waals surface area contributed by atoms with Gasteiger partial charge < -0.3 is 4.74 Å². The van der Waals surface area contributed by atoms with Gasteiger partial charge in [-0.15, -0.1) is 0 Å². The van der Waals surface area contributed by atoms with Crippen molar-refractivity contribution < 1.29 is 14.3 Å². The zero-order valence-electron chi connectivity index (χ0n) is 14.6. The summed E-state index contributed by atoms with van der Waals surface area (Å²) in [4.78, 5) is 26.5.